The van der Waals surface area contributed by atoms with E-state index in [1.165, 1.54) is 18.7 Å². The second kappa shape index (κ2) is 9.22. The van der Waals surface area contributed by atoms with Crippen molar-refractivity contribution in [1.29, 1.82) is 0 Å². The molecule has 3 rings (SSSR count). The molecule has 9 nitrogen and oxygen atoms in total. The summed E-state index contributed by atoms with van der Waals surface area (Å²) in [7, 11) is 1.41. The van der Waals surface area contributed by atoms with Crippen LogP contribution < -0.4 is 15.4 Å². The first-order valence-corrected chi connectivity index (χ1v) is 9.49. The number of rotatable bonds is 6. The fraction of sp³-hybridized carbons (Fsp3) is 0.400. The predicted molar refractivity (Wildman–Crippen MR) is 104 cm³/mol. The molecule has 0 unspecified atom stereocenters. The van der Waals surface area contributed by atoms with Crippen molar-refractivity contribution in [3.8, 4) is 11.4 Å². The number of benzene rings is 1. The maximum absolute atomic E-state index is 12.5. The van der Waals surface area contributed by atoms with Crippen molar-refractivity contribution in [1.82, 2.24) is 20.4 Å². The van der Waals surface area contributed by atoms with Crippen molar-refractivity contribution in [3.63, 3.8) is 0 Å². The summed E-state index contributed by atoms with van der Waals surface area (Å²) >= 11 is 0. The Hall–Kier alpha value is -3.36. The van der Waals surface area contributed by atoms with E-state index in [4.69, 9.17) is 9.47 Å². The summed E-state index contributed by atoms with van der Waals surface area (Å²) < 4.78 is 11.9. The molecule has 0 spiro atoms. The Morgan fingerprint density at radius 1 is 1.17 bits per heavy atom. The van der Waals surface area contributed by atoms with Crippen molar-refractivity contribution < 1.29 is 23.9 Å². The minimum atomic E-state index is -1.18. The minimum Gasteiger partial charge on any atom is -0.493 e. The van der Waals surface area contributed by atoms with Crippen LogP contribution in [0.3, 0.4) is 0 Å². The van der Waals surface area contributed by atoms with Crippen molar-refractivity contribution in [2.45, 2.75) is 44.8 Å². The molecule has 9 heteroatoms. The van der Waals surface area contributed by atoms with E-state index in [0.29, 0.717) is 0 Å². The first-order chi connectivity index (χ1) is 14.0. The molecule has 1 aliphatic rings. The van der Waals surface area contributed by atoms with Crippen LogP contribution in [0.25, 0.3) is 5.69 Å². The topological polar surface area (TPSA) is 112 Å². The Balaban J connectivity index is 1.60. The highest BCUT2D eigenvalue weighted by atomic mass is 16.6. The molecule has 2 aromatic rings. The first-order valence-electron chi connectivity index (χ1n) is 9.49. The third-order valence-electron chi connectivity index (χ3n) is 4.69. The van der Waals surface area contributed by atoms with Gasteiger partial charge in [0.25, 0.3) is 5.91 Å². The van der Waals surface area contributed by atoms with Gasteiger partial charge in [0, 0.05) is 6.04 Å². The Kier molecular flexibility index (Phi) is 6.48. The predicted octanol–water partition coefficient (Wildman–Crippen LogP) is 2.19. The average Bonchev–Trinajstić information content (AvgIpc) is 3.38. The van der Waals surface area contributed by atoms with Crippen molar-refractivity contribution >= 4 is 17.9 Å². The van der Waals surface area contributed by atoms with Gasteiger partial charge in [0.1, 0.15) is 0 Å². The van der Waals surface area contributed by atoms with Gasteiger partial charge < -0.3 is 14.8 Å². The zero-order chi connectivity index (χ0) is 20.8. The van der Waals surface area contributed by atoms with Crippen LogP contribution in [-0.4, -0.2) is 46.9 Å². The van der Waals surface area contributed by atoms with E-state index in [1.54, 1.807) is 6.20 Å². The lowest BCUT2D eigenvalue weighted by Gasteiger charge is -2.15. The highest BCUT2D eigenvalue weighted by Gasteiger charge is 2.26. The number of carbonyl (C=O) groups excluding carboxylic acids is 3. The number of amides is 3. The largest absolute Gasteiger partial charge is 0.493 e. The lowest BCUT2D eigenvalue weighted by Crippen LogP contribution is -2.47. The second-order valence-corrected chi connectivity index (χ2v) is 6.82. The Morgan fingerprint density at radius 3 is 2.52 bits per heavy atom. The Labute approximate surface area is 168 Å². The summed E-state index contributed by atoms with van der Waals surface area (Å²) in [5.41, 5.74) is 0.672. The van der Waals surface area contributed by atoms with Gasteiger partial charge in [0.2, 0.25) is 5.69 Å². The van der Waals surface area contributed by atoms with Crippen LogP contribution in [0.15, 0.2) is 36.5 Å². The van der Waals surface area contributed by atoms with Gasteiger partial charge in [-0.05, 0) is 31.9 Å². The zero-order valence-electron chi connectivity index (χ0n) is 16.4. The minimum absolute atomic E-state index is 0.0635. The molecule has 1 aromatic carbocycles. The first kappa shape index (κ1) is 20.4. The standard InChI is InChI=1S/C20H24N4O5/c1-13(18(25)22-20(27)21-14-8-6-7-9-14)29-19(26)17-16(28-2)12-24(23-17)15-10-4-3-5-11-15/h3-5,10-14H,6-9H2,1-2H3,(H2,21,22,25,27)/t13-/m1/s1. The summed E-state index contributed by atoms with van der Waals surface area (Å²) in [6, 6.07) is 8.67. The molecule has 1 atom stereocenters. The molecular weight excluding hydrogens is 376 g/mol. The van der Waals surface area contributed by atoms with Crippen molar-refractivity contribution in [3.05, 3.63) is 42.2 Å². The molecule has 1 aliphatic carbocycles. The van der Waals surface area contributed by atoms with Gasteiger partial charge in [0.15, 0.2) is 11.9 Å². The lowest BCUT2D eigenvalue weighted by atomic mass is 10.2. The van der Waals surface area contributed by atoms with Gasteiger partial charge in [0.05, 0.1) is 19.0 Å². The molecule has 0 aliphatic heterocycles. The summed E-state index contributed by atoms with van der Waals surface area (Å²) in [4.78, 5) is 36.6. The summed E-state index contributed by atoms with van der Waals surface area (Å²) in [6.07, 6.45) is 4.29. The molecule has 1 fully saturated rings. The third kappa shape index (κ3) is 5.13. The SMILES string of the molecule is COc1cn(-c2ccccc2)nc1C(=O)O[C@H](C)C(=O)NC(=O)NC1CCCC1. The van der Waals surface area contributed by atoms with E-state index in [1.807, 2.05) is 30.3 Å². The third-order valence-corrected chi connectivity index (χ3v) is 4.69. The van der Waals surface area contributed by atoms with Crippen LogP contribution in [0.5, 0.6) is 5.75 Å². The number of nitrogens with one attached hydrogen (secondary N) is 2. The van der Waals surface area contributed by atoms with E-state index in [2.05, 4.69) is 15.7 Å². The number of esters is 1. The normalized spacial score (nSPS) is 14.8. The van der Waals surface area contributed by atoms with Crippen LogP contribution in [0.1, 0.15) is 43.1 Å². The smallest absolute Gasteiger partial charge is 0.363 e. The van der Waals surface area contributed by atoms with E-state index in [0.717, 1.165) is 31.4 Å². The molecule has 154 valence electrons. The van der Waals surface area contributed by atoms with E-state index < -0.39 is 24.0 Å². The molecule has 1 heterocycles. The molecule has 3 amide bonds. The number of methoxy groups -OCH3 is 1. The molecule has 2 N–H and O–H groups in total. The second-order valence-electron chi connectivity index (χ2n) is 6.82. The van der Waals surface area contributed by atoms with E-state index >= 15 is 0 Å². The number of hydrogen-bond acceptors (Lipinski definition) is 6. The highest BCUT2D eigenvalue weighted by Crippen LogP contribution is 2.21. The zero-order valence-corrected chi connectivity index (χ0v) is 16.4. The maximum atomic E-state index is 12.5. The van der Waals surface area contributed by atoms with Gasteiger partial charge in [-0.3, -0.25) is 10.1 Å². The van der Waals surface area contributed by atoms with E-state index in [-0.39, 0.29) is 17.5 Å². The van der Waals surface area contributed by atoms with Crippen molar-refractivity contribution in [2.24, 2.45) is 0 Å². The van der Waals surface area contributed by atoms with E-state index in [9.17, 15) is 14.4 Å². The lowest BCUT2D eigenvalue weighted by molar-refractivity contribution is -0.127. The van der Waals surface area contributed by atoms with Crippen LogP contribution in [-0.2, 0) is 9.53 Å². The highest BCUT2D eigenvalue weighted by molar-refractivity contribution is 5.98. The average molecular weight is 400 g/mol. The van der Waals surface area contributed by atoms with Crippen LogP contribution >= 0.6 is 0 Å². The van der Waals surface area contributed by atoms with Gasteiger partial charge in [-0.2, -0.15) is 5.10 Å². The summed E-state index contributed by atoms with van der Waals surface area (Å²) in [5, 5.41) is 9.14. The number of carbonyl (C=O) groups is 3. The molecular formula is C20H24N4O5. The maximum Gasteiger partial charge on any atom is 0.363 e. The van der Waals surface area contributed by atoms with Crippen molar-refractivity contribution in [2.75, 3.05) is 7.11 Å². The Bertz CT molecular complexity index is 874. The molecule has 0 bridgehead atoms. The number of nitrogens with zero attached hydrogens (tertiary/aromatic N) is 2. The fourth-order valence-electron chi connectivity index (χ4n) is 3.14. The number of imide groups is 1. The summed E-state index contributed by atoms with van der Waals surface area (Å²) in [5.74, 6) is -1.32. The van der Waals surface area contributed by atoms with Gasteiger partial charge in [-0.25, -0.2) is 14.3 Å². The van der Waals surface area contributed by atoms with Crippen LogP contribution in [0.2, 0.25) is 0 Å². The number of para-hydroxylation sites is 1. The molecule has 1 aromatic heterocycles. The van der Waals surface area contributed by atoms with Gasteiger partial charge >= 0.3 is 12.0 Å². The molecule has 0 saturated heterocycles. The molecule has 0 radical (unpaired) electrons. The summed E-state index contributed by atoms with van der Waals surface area (Å²) in [6.45, 7) is 1.39. The van der Waals surface area contributed by atoms with Gasteiger partial charge in [-0.15, -0.1) is 0 Å². The Morgan fingerprint density at radius 2 is 1.86 bits per heavy atom. The number of urea groups is 1. The van der Waals surface area contributed by atoms with Gasteiger partial charge in [-0.1, -0.05) is 31.0 Å². The van der Waals surface area contributed by atoms with Crippen LogP contribution in [0.4, 0.5) is 4.79 Å². The number of ether oxygens (including phenoxy) is 2. The van der Waals surface area contributed by atoms with Crippen LogP contribution in [0, 0.1) is 0 Å². The monoisotopic (exact) mass is 400 g/mol. The molecule has 29 heavy (non-hydrogen) atoms. The number of hydrogen-bond donors (Lipinski definition) is 2. The fourth-order valence-corrected chi connectivity index (χ4v) is 3.14. The quantitative estimate of drug-likeness (QED) is 0.719. The number of aromatic nitrogens is 2. The molecule has 1 saturated carbocycles.